The van der Waals surface area contributed by atoms with Crippen LogP contribution < -0.4 is 5.32 Å². The lowest BCUT2D eigenvalue weighted by atomic mass is 9.61. The van der Waals surface area contributed by atoms with Crippen LogP contribution in [-0.2, 0) is 4.79 Å². The Kier molecular flexibility index (Phi) is 3.20. The standard InChI is InChI=1S/C11H21NO2/c1-7(2)9-5-6-11(9,10(13)14)12-8(3)4/h7-9,12H,5-6H2,1-4H3,(H,13,14). The van der Waals surface area contributed by atoms with Crippen LogP contribution in [-0.4, -0.2) is 22.7 Å². The van der Waals surface area contributed by atoms with Crippen LogP contribution in [0, 0.1) is 11.8 Å². The summed E-state index contributed by atoms with van der Waals surface area (Å²) in [5.41, 5.74) is -0.650. The lowest BCUT2D eigenvalue weighted by Crippen LogP contribution is -2.66. The van der Waals surface area contributed by atoms with Crippen LogP contribution >= 0.6 is 0 Å². The van der Waals surface area contributed by atoms with E-state index in [2.05, 4.69) is 19.2 Å². The first-order chi connectivity index (χ1) is 6.40. The van der Waals surface area contributed by atoms with Crippen LogP contribution in [0.5, 0.6) is 0 Å². The first-order valence-corrected chi connectivity index (χ1v) is 5.41. The largest absolute Gasteiger partial charge is 0.480 e. The molecule has 3 nitrogen and oxygen atoms in total. The van der Waals surface area contributed by atoms with Gasteiger partial charge < -0.3 is 5.11 Å². The molecule has 0 bridgehead atoms. The Balaban J connectivity index is 2.78. The van der Waals surface area contributed by atoms with Crippen molar-refractivity contribution in [2.75, 3.05) is 0 Å². The molecule has 82 valence electrons. The summed E-state index contributed by atoms with van der Waals surface area (Å²) >= 11 is 0. The second-order valence-electron chi connectivity index (χ2n) is 4.96. The van der Waals surface area contributed by atoms with Gasteiger partial charge >= 0.3 is 5.97 Å². The molecule has 2 N–H and O–H groups in total. The Morgan fingerprint density at radius 2 is 2.00 bits per heavy atom. The summed E-state index contributed by atoms with van der Waals surface area (Å²) in [5.74, 6) is 0.0321. The molecule has 0 heterocycles. The van der Waals surface area contributed by atoms with Crippen molar-refractivity contribution in [1.82, 2.24) is 5.32 Å². The third kappa shape index (κ3) is 1.78. The predicted molar refractivity (Wildman–Crippen MR) is 56.2 cm³/mol. The van der Waals surface area contributed by atoms with E-state index in [4.69, 9.17) is 0 Å². The highest BCUT2D eigenvalue weighted by molar-refractivity contribution is 5.80. The fourth-order valence-corrected chi connectivity index (χ4v) is 2.52. The zero-order chi connectivity index (χ0) is 10.9. The minimum atomic E-state index is -0.684. The molecule has 0 amide bonds. The molecule has 0 aromatic rings. The average molecular weight is 199 g/mol. The molecule has 1 aliphatic carbocycles. The van der Waals surface area contributed by atoms with Crippen molar-refractivity contribution in [2.45, 2.75) is 52.1 Å². The normalized spacial score (nSPS) is 32.0. The number of hydrogen-bond acceptors (Lipinski definition) is 2. The second kappa shape index (κ2) is 3.89. The summed E-state index contributed by atoms with van der Waals surface area (Å²) in [6.45, 7) is 8.20. The summed E-state index contributed by atoms with van der Waals surface area (Å²) in [7, 11) is 0. The monoisotopic (exact) mass is 199 g/mol. The highest BCUT2D eigenvalue weighted by atomic mass is 16.4. The summed E-state index contributed by atoms with van der Waals surface area (Å²) in [6, 6.07) is 0.229. The third-order valence-electron chi connectivity index (χ3n) is 3.22. The van der Waals surface area contributed by atoms with Gasteiger partial charge in [-0.1, -0.05) is 13.8 Å². The Labute approximate surface area is 85.9 Å². The number of carboxylic acid groups (broad SMARTS) is 1. The van der Waals surface area contributed by atoms with Gasteiger partial charge in [0.15, 0.2) is 0 Å². The smallest absolute Gasteiger partial charge is 0.324 e. The number of carboxylic acids is 1. The molecule has 1 fully saturated rings. The molecule has 1 saturated carbocycles. The van der Waals surface area contributed by atoms with E-state index in [0.717, 1.165) is 12.8 Å². The van der Waals surface area contributed by atoms with Crippen LogP contribution in [0.4, 0.5) is 0 Å². The van der Waals surface area contributed by atoms with Gasteiger partial charge in [-0.15, -0.1) is 0 Å². The molecule has 0 spiro atoms. The van der Waals surface area contributed by atoms with Crippen LogP contribution in [0.3, 0.4) is 0 Å². The molecule has 0 aliphatic heterocycles. The van der Waals surface area contributed by atoms with Crippen LogP contribution in [0.15, 0.2) is 0 Å². The lowest BCUT2D eigenvalue weighted by Gasteiger charge is -2.50. The predicted octanol–water partition coefficient (Wildman–Crippen LogP) is 1.87. The molecule has 0 saturated heterocycles. The average Bonchev–Trinajstić information content (AvgIpc) is 1.95. The molecule has 3 heteroatoms. The number of rotatable bonds is 4. The zero-order valence-corrected chi connectivity index (χ0v) is 9.50. The topological polar surface area (TPSA) is 49.3 Å². The van der Waals surface area contributed by atoms with E-state index >= 15 is 0 Å². The van der Waals surface area contributed by atoms with Gasteiger partial charge in [-0.2, -0.15) is 0 Å². The van der Waals surface area contributed by atoms with E-state index in [-0.39, 0.29) is 12.0 Å². The molecule has 1 rings (SSSR count). The zero-order valence-electron chi connectivity index (χ0n) is 9.50. The molecular weight excluding hydrogens is 178 g/mol. The minimum Gasteiger partial charge on any atom is -0.480 e. The molecule has 1 aliphatic rings. The fourth-order valence-electron chi connectivity index (χ4n) is 2.52. The molecular formula is C11H21NO2. The summed E-state index contributed by atoms with van der Waals surface area (Å²) in [5, 5.41) is 12.5. The maximum atomic E-state index is 11.3. The Morgan fingerprint density at radius 3 is 2.21 bits per heavy atom. The summed E-state index contributed by atoms with van der Waals surface area (Å²) in [4.78, 5) is 11.3. The number of nitrogens with one attached hydrogen (secondary N) is 1. The van der Waals surface area contributed by atoms with Crippen molar-refractivity contribution in [3.8, 4) is 0 Å². The van der Waals surface area contributed by atoms with Gasteiger partial charge in [-0.05, 0) is 38.5 Å². The van der Waals surface area contributed by atoms with Crippen molar-refractivity contribution in [1.29, 1.82) is 0 Å². The van der Waals surface area contributed by atoms with E-state index in [0.29, 0.717) is 5.92 Å². The van der Waals surface area contributed by atoms with E-state index in [9.17, 15) is 9.90 Å². The first-order valence-electron chi connectivity index (χ1n) is 5.41. The molecule has 0 aromatic carbocycles. The van der Waals surface area contributed by atoms with Gasteiger partial charge in [0.05, 0.1) is 0 Å². The number of aliphatic carboxylic acids is 1. The van der Waals surface area contributed by atoms with Crippen molar-refractivity contribution in [2.24, 2.45) is 11.8 Å². The number of hydrogen-bond donors (Lipinski definition) is 2. The van der Waals surface area contributed by atoms with Gasteiger partial charge in [0, 0.05) is 6.04 Å². The SMILES string of the molecule is CC(C)NC1(C(=O)O)CCC1C(C)C. The maximum Gasteiger partial charge on any atom is 0.324 e. The van der Waals surface area contributed by atoms with Gasteiger partial charge in [0.2, 0.25) is 0 Å². The van der Waals surface area contributed by atoms with Crippen LogP contribution in [0.2, 0.25) is 0 Å². The van der Waals surface area contributed by atoms with Crippen molar-refractivity contribution >= 4 is 5.97 Å². The quantitative estimate of drug-likeness (QED) is 0.726. The Hall–Kier alpha value is -0.570. The Bertz CT molecular complexity index is 225. The highest BCUT2D eigenvalue weighted by Gasteiger charge is 2.53. The summed E-state index contributed by atoms with van der Waals surface area (Å²) < 4.78 is 0. The molecule has 2 atom stereocenters. The van der Waals surface area contributed by atoms with Gasteiger partial charge in [-0.3, -0.25) is 10.1 Å². The molecule has 14 heavy (non-hydrogen) atoms. The van der Waals surface area contributed by atoms with Crippen molar-refractivity contribution in [3.05, 3.63) is 0 Å². The first kappa shape index (κ1) is 11.5. The minimum absolute atomic E-state index is 0.229. The van der Waals surface area contributed by atoms with Gasteiger partial charge in [0.1, 0.15) is 5.54 Å². The van der Waals surface area contributed by atoms with Gasteiger partial charge in [0.25, 0.3) is 0 Å². The number of carbonyl (C=O) groups is 1. The van der Waals surface area contributed by atoms with Crippen LogP contribution in [0.1, 0.15) is 40.5 Å². The summed E-state index contributed by atoms with van der Waals surface area (Å²) in [6.07, 6.45) is 1.80. The maximum absolute atomic E-state index is 11.3. The lowest BCUT2D eigenvalue weighted by molar-refractivity contribution is -0.155. The van der Waals surface area contributed by atoms with E-state index in [1.54, 1.807) is 0 Å². The second-order valence-corrected chi connectivity index (χ2v) is 4.96. The van der Waals surface area contributed by atoms with E-state index < -0.39 is 11.5 Å². The van der Waals surface area contributed by atoms with Crippen molar-refractivity contribution in [3.63, 3.8) is 0 Å². The fraction of sp³-hybridized carbons (Fsp3) is 0.909. The Morgan fingerprint density at radius 1 is 1.43 bits per heavy atom. The highest BCUT2D eigenvalue weighted by Crippen LogP contribution is 2.43. The van der Waals surface area contributed by atoms with Crippen molar-refractivity contribution < 1.29 is 9.90 Å². The van der Waals surface area contributed by atoms with E-state index in [1.807, 2.05) is 13.8 Å². The van der Waals surface area contributed by atoms with E-state index in [1.165, 1.54) is 0 Å². The van der Waals surface area contributed by atoms with Crippen LogP contribution in [0.25, 0.3) is 0 Å². The third-order valence-corrected chi connectivity index (χ3v) is 3.22. The molecule has 0 aromatic heterocycles. The molecule has 0 radical (unpaired) electrons. The molecule has 2 unspecified atom stereocenters. The van der Waals surface area contributed by atoms with Gasteiger partial charge in [-0.25, -0.2) is 0 Å².